The molecule has 0 spiro atoms. The van der Waals surface area contributed by atoms with Crippen LogP contribution in [0.5, 0.6) is 0 Å². The van der Waals surface area contributed by atoms with Gasteiger partial charge in [0.15, 0.2) is 0 Å². The van der Waals surface area contributed by atoms with Gasteiger partial charge in [-0.15, -0.1) is 0 Å². The van der Waals surface area contributed by atoms with Gasteiger partial charge in [-0.05, 0) is 50.1 Å². The summed E-state index contributed by atoms with van der Waals surface area (Å²) in [5.74, 6) is -0.842. The van der Waals surface area contributed by atoms with E-state index in [4.69, 9.17) is 4.74 Å². The number of rotatable bonds is 6. The van der Waals surface area contributed by atoms with E-state index in [1.807, 2.05) is 30.5 Å². The highest BCUT2D eigenvalue weighted by atomic mass is 19.4. The maximum absolute atomic E-state index is 13.7. The molecule has 1 aromatic heterocycles. The van der Waals surface area contributed by atoms with Gasteiger partial charge in [0.25, 0.3) is 5.91 Å². The quantitative estimate of drug-likeness (QED) is 0.372. The summed E-state index contributed by atoms with van der Waals surface area (Å²) in [5.41, 5.74) is -1.92. The van der Waals surface area contributed by atoms with Crippen LogP contribution in [0.4, 0.5) is 26.3 Å². The van der Waals surface area contributed by atoms with Crippen molar-refractivity contribution in [2.45, 2.75) is 44.2 Å². The molecular formula is C30H34F6N4O2. The molecule has 1 atom stereocenters. The number of halogens is 6. The van der Waals surface area contributed by atoms with Gasteiger partial charge in [-0.25, -0.2) is 0 Å². The second-order valence-corrected chi connectivity index (χ2v) is 11.7. The van der Waals surface area contributed by atoms with Gasteiger partial charge in [0, 0.05) is 73.5 Å². The smallest absolute Gasteiger partial charge is 0.378 e. The number of morpholine rings is 1. The number of hydrogen-bond acceptors (Lipinski definition) is 4. The third-order valence-electron chi connectivity index (χ3n) is 8.30. The first-order valence-electron chi connectivity index (χ1n) is 13.9. The molecule has 2 aliphatic rings. The topological polar surface area (TPSA) is 51.8 Å². The van der Waals surface area contributed by atoms with Crippen molar-refractivity contribution in [3.8, 4) is 0 Å². The van der Waals surface area contributed by atoms with E-state index in [0.717, 1.165) is 29.6 Å². The molecule has 1 amide bonds. The van der Waals surface area contributed by atoms with Crippen molar-refractivity contribution < 1.29 is 35.9 Å². The van der Waals surface area contributed by atoms with E-state index in [0.29, 0.717) is 51.4 Å². The number of nitrogens with one attached hydrogen (secondary N) is 1. The number of hydrogen-bond donors (Lipinski definition) is 1. The van der Waals surface area contributed by atoms with Crippen LogP contribution in [0.1, 0.15) is 40.9 Å². The first kappa shape index (κ1) is 30.4. The second kappa shape index (κ2) is 11.5. The third kappa shape index (κ3) is 6.60. The monoisotopic (exact) mass is 596 g/mol. The number of para-hydroxylation sites is 1. The Hall–Kier alpha value is -3.09. The predicted octanol–water partition coefficient (Wildman–Crippen LogP) is 5.69. The molecule has 12 heteroatoms. The van der Waals surface area contributed by atoms with Gasteiger partial charge in [-0.2, -0.15) is 26.3 Å². The first-order chi connectivity index (χ1) is 19.7. The molecule has 228 valence electrons. The number of alkyl halides is 6. The highest BCUT2D eigenvalue weighted by molar-refractivity contribution is 5.95. The number of amides is 1. The summed E-state index contributed by atoms with van der Waals surface area (Å²) in [6, 6.07) is 8.26. The number of benzene rings is 2. The van der Waals surface area contributed by atoms with Crippen LogP contribution in [0, 0.1) is 0 Å². The third-order valence-corrected chi connectivity index (χ3v) is 8.30. The van der Waals surface area contributed by atoms with Crippen LogP contribution in [0.25, 0.3) is 10.9 Å². The number of ether oxygens (including phenoxy) is 1. The summed E-state index contributed by atoms with van der Waals surface area (Å²) < 4.78 is 86.9. The molecule has 5 rings (SSSR count). The molecule has 1 N–H and O–H groups in total. The van der Waals surface area contributed by atoms with Crippen LogP contribution in [0.15, 0.2) is 48.7 Å². The van der Waals surface area contributed by atoms with E-state index in [1.54, 1.807) is 0 Å². The minimum Gasteiger partial charge on any atom is -0.378 e. The molecule has 2 aromatic carbocycles. The number of carbonyl (C=O) groups excluding carboxylic acids is 1. The number of carbonyl (C=O) groups is 1. The average molecular weight is 597 g/mol. The molecule has 0 aliphatic carbocycles. The Labute approximate surface area is 240 Å². The fourth-order valence-electron chi connectivity index (χ4n) is 5.93. The Morgan fingerprint density at radius 1 is 0.976 bits per heavy atom. The van der Waals surface area contributed by atoms with Gasteiger partial charge in [0.2, 0.25) is 0 Å². The lowest BCUT2D eigenvalue weighted by atomic mass is 9.98. The molecule has 42 heavy (non-hydrogen) atoms. The number of piperazine rings is 1. The zero-order valence-corrected chi connectivity index (χ0v) is 23.5. The number of aromatic amines is 1. The Balaban J connectivity index is 1.42. The Morgan fingerprint density at radius 3 is 2.33 bits per heavy atom. The van der Waals surface area contributed by atoms with Crippen molar-refractivity contribution in [1.82, 2.24) is 19.7 Å². The summed E-state index contributed by atoms with van der Waals surface area (Å²) in [6.45, 7) is 8.83. The highest BCUT2D eigenvalue weighted by Crippen LogP contribution is 2.37. The van der Waals surface area contributed by atoms with E-state index in [-0.39, 0.29) is 18.2 Å². The molecule has 0 radical (unpaired) electrons. The standard InChI is InChI=1S/C30H34F6N4O2/c1-28(2)19-42-12-11-39(28)9-7-38-8-10-40(24(18-38)15-21-17-37-26-6-4-3-5-25(21)26)27(41)20-13-22(29(31,32)33)16-23(14-20)30(34,35)36/h3-6,13-14,16-17,24,37H,7-12,15,18-19H2,1-2H3/t24-/m1/s1. The lowest BCUT2D eigenvalue weighted by Gasteiger charge is -2.45. The number of fused-ring (bicyclic) bond motifs is 1. The summed E-state index contributed by atoms with van der Waals surface area (Å²) in [4.78, 5) is 22.9. The minimum absolute atomic E-state index is 0.0469. The second-order valence-electron chi connectivity index (χ2n) is 11.7. The van der Waals surface area contributed by atoms with Crippen molar-refractivity contribution in [3.05, 3.63) is 70.9 Å². The number of nitrogens with zero attached hydrogens (tertiary/aromatic N) is 3. The van der Waals surface area contributed by atoms with E-state index in [1.165, 1.54) is 4.90 Å². The summed E-state index contributed by atoms with van der Waals surface area (Å²) in [6.07, 6.45) is -7.84. The lowest BCUT2D eigenvalue weighted by Crippen LogP contribution is -2.59. The summed E-state index contributed by atoms with van der Waals surface area (Å²) in [7, 11) is 0. The van der Waals surface area contributed by atoms with Crippen LogP contribution in [0.3, 0.4) is 0 Å². The fraction of sp³-hybridized carbons (Fsp3) is 0.500. The average Bonchev–Trinajstić information content (AvgIpc) is 3.33. The van der Waals surface area contributed by atoms with Crippen LogP contribution in [0.2, 0.25) is 0 Å². The Kier molecular flexibility index (Phi) is 8.34. The van der Waals surface area contributed by atoms with E-state index in [9.17, 15) is 31.1 Å². The van der Waals surface area contributed by atoms with E-state index < -0.39 is 41.0 Å². The maximum Gasteiger partial charge on any atom is 0.416 e. The molecule has 2 saturated heterocycles. The molecule has 0 bridgehead atoms. The fourth-order valence-corrected chi connectivity index (χ4v) is 5.93. The number of H-pyrrole nitrogens is 1. The lowest BCUT2D eigenvalue weighted by molar-refractivity contribution is -0.143. The van der Waals surface area contributed by atoms with Crippen LogP contribution in [-0.2, 0) is 23.5 Å². The molecule has 0 unspecified atom stereocenters. The number of aromatic nitrogens is 1. The van der Waals surface area contributed by atoms with Crippen LogP contribution >= 0.6 is 0 Å². The summed E-state index contributed by atoms with van der Waals surface area (Å²) >= 11 is 0. The maximum atomic E-state index is 13.7. The molecule has 3 aromatic rings. The zero-order valence-electron chi connectivity index (χ0n) is 23.5. The van der Waals surface area contributed by atoms with Crippen molar-refractivity contribution in [2.75, 3.05) is 52.5 Å². The van der Waals surface area contributed by atoms with Crippen LogP contribution < -0.4 is 0 Å². The zero-order chi connectivity index (χ0) is 30.3. The molecule has 0 saturated carbocycles. The Bertz CT molecular complexity index is 1380. The van der Waals surface area contributed by atoms with Gasteiger partial charge >= 0.3 is 12.4 Å². The normalized spacial score (nSPS) is 20.8. The molecule has 2 fully saturated rings. The molecule has 2 aliphatic heterocycles. The van der Waals surface area contributed by atoms with Gasteiger partial charge < -0.3 is 14.6 Å². The van der Waals surface area contributed by atoms with Gasteiger partial charge in [0.05, 0.1) is 24.3 Å². The predicted molar refractivity (Wildman–Crippen MR) is 146 cm³/mol. The van der Waals surface area contributed by atoms with Gasteiger partial charge in [-0.1, -0.05) is 18.2 Å². The van der Waals surface area contributed by atoms with E-state index in [2.05, 4.69) is 28.6 Å². The SMILES string of the molecule is CC1(C)COCCN1CCN1CCN(C(=O)c2cc(C(F)(F)F)cc(C(F)(F)F)c2)[C@H](Cc2c[nH]c3ccccc23)C1. The highest BCUT2D eigenvalue weighted by Gasteiger charge is 2.39. The molecule has 6 nitrogen and oxygen atoms in total. The Morgan fingerprint density at radius 2 is 1.67 bits per heavy atom. The largest absolute Gasteiger partial charge is 0.416 e. The van der Waals surface area contributed by atoms with Crippen LogP contribution in [-0.4, -0.2) is 89.7 Å². The van der Waals surface area contributed by atoms with Gasteiger partial charge in [0.1, 0.15) is 0 Å². The first-order valence-corrected chi connectivity index (χ1v) is 13.9. The van der Waals surface area contributed by atoms with Crippen molar-refractivity contribution in [2.24, 2.45) is 0 Å². The summed E-state index contributed by atoms with van der Waals surface area (Å²) in [5, 5.41) is 0.954. The molecular weight excluding hydrogens is 562 g/mol. The van der Waals surface area contributed by atoms with E-state index >= 15 is 0 Å². The van der Waals surface area contributed by atoms with Crippen molar-refractivity contribution in [3.63, 3.8) is 0 Å². The van der Waals surface area contributed by atoms with Crippen molar-refractivity contribution in [1.29, 1.82) is 0 Å². The minimum atomic E-state index is -5.04. The van der Waals surface area contributed by atoms with Gasteiger partial charge in [-0.3, -0.25) is 14.6 Å². The molecule has 3 heterocycles. The van der Waals surface area contributed by atoms with Crippen molar-refractivity contribution >= 4 is 16.8 Å².